The normalized spacial score (nSPS) is 17.7. The number of allylic oxidation sites excluding steroid dienone is 4. The second-order valence-electron chi connectivity index (χ2n) is 10.2. The van der Waals surface area contributed by atoms with E-state index in [0.717, 1.165) is 48.2 Å². The molecular weight excluding hydrogens is 516 g/mol. The summed E-state index contributed by atoms with van der Waals surface area (Å²) in [5.74, 6) is -0.0626. The maximum absolute atomic E-state index is 13.3. The first kappa shape index (κ1) is 27.0. The zero-order valence-electron chi connectivity index (χ0n) is 22.6. The summed E-state index contributed by atoms with van der Waals surface area (Å²) in [6.07, 6.45) is 4.11. The number of nitrogens with one attached hydrogen (secondary N) is 1. The van der Waals surface area contributed by atoms with Crippen molar-refractivity contribution in [1.29, 1.82) is 0 Å². The van der Waals surface area contributed by atoms with Crippen LogP contribution in [-0.4, -0.2) is 42.6 Å². The van der Waals surface area contributed by atoms with E-state index in [1.807, 2.05) is 45.2 Å². The molecule has 1 amide bonds. The van der Waals surface area contributed by atoms with Crippen LogP contribution in [0.25, 0.3) is 0 Å². The maximum Gasteiger partial charge on any atom is 0.262 e. The smallest absolute Gasteiger partial charge is 0.262 e. The van der Waals surface area contributed by atoms with Crippen molar-refractivity contribution in [3.05, 3.63) is 75.1 Å². The Hall–Kier alpha value is -3.58. The summed E-state index contributed by atoms with van der Waals surface area (Å²) >= 11 is 6.76. The first-order valence-corrected chi connectivity index (χ1v) is 13.9. The lowest BCUT2D eigenvalue weighted by Gasteiger charge is -2.42. The van der Waals surface area contributed by atoms with Gasteiger partial charge in [-0.3, -0.25) is 14.4 Å². The number of anilines is 1. The molecule has 2 aromatic rings. The van der Waals surface area contributed by atoms with Gasteiger partial charge in [-0.15, -0.1) is 0 Å². The number of amides is 1. The van der Waals surface area contributed by atoms with Crippen molar-refractivity contribution in [2.24, 2.45) is 0 Å². The van der Waals surface area contributed by atoms with Gasteiger partial charge in [0.05, 0.1) is 11.6 Å². The van der Waals surface area contributed by atoms with E-state index in [2.05, 4.69) is 10.2 Å². The molecule has 0 fully saturated rings. The van der Waals surface area contributed by atoms with E-state index in [1.165, 1.54) is 0 Å². The predicted octanol–water partition coefficient (Wildman–Crippen LogP) is 6.11. The summed E-state index contributed by atoms with van der Waals surface area (Å²) in [5, 5.41) is 3.08. The van der Waals surface area contributed by atoms with Gasteiger partial charge < -0.3 is 19.7 Å². The fourth-order valence-electron chi connectivity index (χ4n) is 5.90. The zero-order valence-corrected chi connectivity index (χ0v) is 23.3. The van der Waals surface area contributed by atoms with E-state index in [9.17, 15) is 14.4 Å². The summed E-state index contributed by atoms with van der Waals surface area (Å²) in [5.41, 5.74) is 5.78. The molecule has 204 valence electrons. The van der Waals surface area contributed by atoms with Crippen molar-refractivity contribution in [1.82, 2.24) is 4.90 Å². The Balaban J connectivity index is 1.50. The summed E-state index contributed by atoms with van der Waals surface area (Å²) in [6.45, 7) is 3.88. The van der Waals surface area contributed by atoms with Crippen molar-refractivity contribution in [2.45, 2.75) is 58.3 Å². The molecule has 2 aliphatic carbocycles. The van der Waals surface area contributed by atoms with Gasteiger partial charge in [-0.05, 0) is 74.9 Å². The third kappa shape index (κ3) is 5.33. The molecule has 8 heteroatoms. The van der Waals surface area contributed by atoms with Crippen LogP contribution in [0.3, 0.4) is 0 Å². The second kappa shape index (κ2) is 11.3. The first-order valence-electron chi connectivity index (χ1n) is 13.5. The van der Waals surface area contributed by atoms with Crippen molar-refractivity contribution >= 4 is 34.8 Å². The Bertz CT molecular complexity index is 1370. The van der Waals surface area contributed by atoms with Crippen molar-refractivity contribution in [3.63, 3.8) is 0 Å². The number of carbonyl (C=O) groups is 3. The molecular formula is C31H33ClN2O5. The van der Waals surface area contributed by atoms with Gasteiger partial charge in [-0.1, -0.05) is 23.7 Å². The quantitative estimate of drug-likeness (QED) is 0.449. The third-order valence-electron chi connectivity index (χ3n) is 7.56. The minimum Gasteiger partial charge on any atom is -0.490 e. The van der Waals surface area contributed by atoms with Crippen LogP contribution < -0.4 is 14.8 Å². The van der Waals surface area contributed by atoms with E-state index in [1.54, 1.807) is 12.1 Å². The van der Waals surface area contributed by atoms with Gasteiger partial charge in [0.2, 0.25) is 0 Å². The number of Topliss-reactive ketones (excluding diaryl/α,β-unsaturated/α-hetero) is 2. The Morgan fingerprint density at radius 1 is 1.00 bits per heavy atom. The number of benzene rings is 2. The molecule has 0 saturated carbocycles. The van der Waals surface area contributed by atoms with E-state index >= 15 is 0 Å². The largest absolute Gasteiger partial charge is 0.490 e. The summed E-state index contributed by atoms with van der Waals surface area (Å²) in [6, 6.07) is 11.0. The van der Waals surface area contributed by atoms with Gasteiger partial charge in [0.25, 0.3) is 5.91 Å². The average molecular weight is 549 g/mol. The molecule has 0 bridgehead atoms. The highest BCUT2D eigenvalue weighted by Gasteiger charge is 2.42. The van der Waals surface area contributed by atoms with Crippen molar-refractivity contribution in [3.8, 4) is 11.5 Å². The molecule has 1 N–H and O–H groups in total. The van der Waals surface area contributed by atoms with E-state index in [-0.39, 0.29) is 34.9 Å². The number of hydrogen-bond acceptors (Lipinski definition) is 6. The molecule has 7 nitrogen and oxygen atoms in total. The molecule has 0 unspecified atom stereocenters. The number of ether oxygens (including phenoxy) is 2. The minimum absolute atomic E-state index is 0.0697. The SMILES string of the molecule is CCOc1cc(C2C3=C(CCCC3=O)N(C)C3=C2C(=O)CCC3)cc(Cl)c1OCC(=O)Nc1cccc(C)c1. The van der Waals surface area contributed by atoms with Gasteiger partial charge in [-0.25, -0.2) is 0 Å². The molecule has 0 saturated heterocycles. The molecule has 1 heterocycles. The van der Waals surface area contributed by atoms with E-state index in [0.29, 0.717) is 42.0 Å². The summed E-state index contributed by atoms with van der Waals surface area (Å²) in [7, 11) is 1.97. The summed E-state index contributed by atoms with van der Waals surface area (Å²) in [4.78, 5) is 41.3. The number of carbonyl (C=O) groups excluding carboxylic acids is 3. The fraction of sp³-hybridized carbons (Fsp3) is 0.387. The number of ketones is 2. The van der Waals surface area contributed by atoms with Gasteiger partial charge in [0.15, 0.2) is 29.7 Å². The number of hydrogen-bond donors (Lipinski definition) is 1. The Morgan fingerprint density at radius 3 is 2.28 bits per heavy atom. The molecule has 3 aliphatic rings. The van der Waals surface area contributed by atoms with Gasteiger partial charge in [0.1, 0.15) is 0 Å². The molecule has 1 aliphatic heterocycles. The molecule has 5 rings (SSSR count). The highest BCUT2D eigenvalue weighted by atomic mass is 35.5. The van der Waals surface area contributed by atoms with Gasteiger partial charge in [0, 0.05) is 54.0 Å². The number of halogens is 1. The number of rotatable bonds is 7. The van der Waals surface area contributed by atoms with E-state index in [4.69, 9.17) is 21.1 Å². The fourth-order valence-corrected chi connectivity index (χ4v) is 6.17. The van der Waals surface area contributed by atoms with Crippen LogP contribution >= 0.6 is 11.6 Å². The van der Waals surface area contributed by atoms with Crippen LogP contribution in [0, 0.1) is 6.92 Å². The monoisotopic (exact) mass is 548 g/mol. The van der Waals surface area contributed by atoms with Crippen LogP contribution in [0.4, 0.5) is 5.69 Å². The first-order chi connectivity index (χ1) is 18.8. The van der Waals surface area contributed by atoms with Crippen molar-refractivity contribution < 1.29 is 23.9 Å². The lowest BCUT2D eigenvalue weighted by molar-refractivity contribution is -0.118. The average Bonchev–Trinajstić information content (AvgIpc) is 2.89. The van der Waals surface area contributed by atoms with Gasteiger partial charge in [-0.2, -0.15) is 0 Å². The third-order valence-corrected chi connectivity index (χ3v) is 7.84. The van der Waals surface area contributed by atoms with Crippen LogP contribution in [0.2, 0.25) is 5.02 Å². The van der Waals surface area contributed by atoms with Crippen LogP contribution in [-0.2, 0) is 14.4 Å². The highest BCUT2D eigenvalue weighted by Crippen LogP contribution is 2.50. The maximum atomic E-state index is 13.3. The van der Waals surface area contributed by atoms with Crippen LogP contribution in [0.1, 0.15) is 62.5 Å². The number of nitrogens with zero attached hydrogens (tertiary/aromatic N) is 1. The molecule has 0 aromatic heterocycles. The Morgan fingerprint density at radius 2 is 1.67 bits per heavy atom. The molecule has 0 radical (unpaired) electrons. The molecule has 0 atom stereocenters. The molecule has 0 spiro atoms. The zero-order chi connectivity index (χ0) is 27.7. The van der Waals surface area contributed by atoms with Crippen LogP contribution in [0.5, 0.6) is 11.5 Å². The van der Waals surface area contributed by atoms with Gasteiger partial charge >= 0.3 is 0 Å². The predicted molar refractivity (Wildman–Crippen MR) is 150 cm³/mol. The number of aryl methyl sites for hydroxylation is 1. The topological polar surface area (TPSA) is 84.9 Å². The minimum atomic E-state index is -0.498. The van der Waals surface area contributed by atoms with Crippen LogP contribution in [0.15, 0.2) is 58.9 Å². The molecule has 39 heavy (non-hydrogen) atoms. The standard InChI is InChI=1S/C31H33ClN2O5/c1-4-38-26-16-19(15-21(32)31(26)39-17-27(37)33-20-9-5-8-18(2)14-20)28-29-22(10-6-12-24(29)35)34(3)23-11-7-13-25(36)30(23)28/h5,8-9,14-16,28H,4,6-7,10-13,17H2,1-3H3,(H,33,37). The lowest BCUT2D eigenvalue weighted by Crippen LogP contribution is -2.37. The van der Waals surface area contributed by atoms with Crippen molar-refractivity contribution in [2.75, 3.05) is 25.6 Å². The second-order valence-corrected chi connectivity index (χ2v) is 10.6. The highest BCUT2D eigenvalue weighted by molar-refractivity contribution is 6.32. The summed E-state index contributed by atoms with van der Waals surface area (Å²) < 4.78 is 11.8. The lowest BCUT2D eigenvalue weighted by atomic mass is 9.71. The molecule has 2 aromatic carbocycles. The Labute approximate surface area is 233 Å². The van der Waals surface area contributed by atoms with E-state index < -0.39 is 5.92 Å². The Kier molecular flexibility index (Phi) is 7.80.